The normalized spacial score (nSPS) is 11.4. The average Bonchev–Trinajstić information content (AvgIpc) is 2.54. The van der Waals surface area contributed by atoms with E-state index in [0.717, 1.165) is 6.42 Å². The van der Waals surface area contributed by atoms with Crippen molar-refractivity contribution in [3.05, 3.63) is 84.4 Å². The Balaban J connectivity index is 2.11. The van der Waals surface area contributed by atoms with Gasteiger partial charge in [-0.25, -0.2) is 0 Å². The second kappa shape index (κ2) is 8.22. The molecule has 0 bridgehead atoms. The lowest BCUT2D eigenvalue weighted by molar-refractivity contribution is 0.637. The molecular formula is C18H20N2S. The highest BCUT2D eigenvalue weighted by Crippen LogP contribution is 2.18. The molecule has 0 aliphatic heterocycles. The van der Waals surface area contributed by atoms with Gasteiger partial charge in [0, 0.05) is 6.54 Å². The van der Waals surface area contributed by atoms with Crippen molar-refractivity contribution >= 4 is 17.3 Å². The highest BCUT2D eigenvalue weighted by atomic mass is 32.1. The Labute approximate surface area is 131 Å². The molecule has 2 aromatic rings. The van der Waals surface area contributed by atoms with Gasteiger partial charge in [-0.3, -0.25) is 0 Å². The molecule has 0 aliphatic carbocycles. The van der Waals surface area contributed by atoms with Gasteiger partial charge in [0.2, 0.25) is 0 Å². The molecule has 0 amide bonds. The fourth-order valence-electron chi connectivity index (χ4n) is 2.16. The molecule has 0 heterocycles. The van der Waals surface area contributed by atoms with Crippen molar-refractivity contribution in [3.63, 3.8) is 0 Å². The quantitative estimate of drug-likeness (QED) is 0.629. The first-order chi connectivity index (χ1) is 10.3. The van der Waals surface area contributed by atoms with Crippen LogP contribution in [0.1, 0.15) is 17.2 Å². The first-order valence-corrected chi connectivity index (χ1v) is 7.44. The van der Waals surface area contributed by atoms with Gasteiger partial charge in [0.1, 0.15) is 0 Å². The van der Waals surface area contributed by atoms with Crippen molar-refractivity contribution in [2.45, 2.75) is 12.5 Å². The monoisotopic (exact) mass is 296 g/mol. The SMILES string of the molecule is C=CCNC(=S)NC(Cc1ccccc1)c1ccccc1. The maximum Gasteiger partial charge on any atom is 0.167 e. The minimum absolute atomic E-state index is 0.151. The molecule has 0 spiro atoms. The summed E-state index contributed by atoms with van der Waals surface area (Å²) in [7, 11) is 0. The molecule has 0 fully saturated rings. The number of thiocarbonyl (C=S) groups is 1. The van der Waals surface area contributed by atoms with Crippen molar-refractivity contribution in [1.82, 2.24) is 10.6 Å². The van der Waals surface area contributed by atoms with E-state index < -0.39 is 0 Å². The Morgan fingerprint density at radius 2 is 1.67 bits per heavy atom. The third-order valence-corrected chi connectivity index (χ3v) is 3.46. The standard InChI is InChI=1S/C18H20N2S/c1-2-13-19-18(21)20-17(16-11-7-4-8-12-16)14-15-9-5-3-6-10-15/h2-12,17H,1,13-14H2,(H2,19,20,21). The van der Waals surface area contributed by atoms with Crippen molar-refractivity contribution in [3.8, 4) is 0 Å². The zero-order valence-corrected chi connectivity index (χ0v) is 12.8. The Morgan fingerprint density at radius 3 is 2.29 bits per heavy atom. The van der Waals surface area contributed by atoms with Gasteiger partial charge in [0.15, 0.2) is 5.11 Å². The van der Waals surface area contributed by atoms with Crippen LogP contribution in [0.25, 0.3) is 0 Å². The minimum atomic E-state index is 0.151. The number of benzene rings is 2. The van der Waals surface area contributed by atoms with Gasteiger partial charge in [0.05, 0.1) is 6.04 Å². The predicted molar refractivity (Wildman–Crippen MR) is 93.3 cm³/mol. The van der Waals surface area contributed by atoms with Crippen LogP contribution in [0, 0.1) is 0 Å². The largest absolute Gasteiger partial charge is 0.359 e. The van der Waals surface area contributed by atoms with Crippen molar-refractivity contribution < 1.29 is 0 Å². The fourth-order valence-corrected chi connectivity index (χ4v) is 2.39. The van der Waals surface area contributed by atoms with Crippen LogP contribution in [0.3, 0.4) is 0 Å². The summed E-state index contributed by atoms with van der Waals surface area (Å²) in [5, 5.41) is 7.16. The van der Waals surface area contributed by atoms with Crippen molar-refractivity contribution in [1.29, 1.82) is 0 Å². The molecular weight excluding hydrogens is 276 g/mol. The molecule has 1 atom stereocenters. The van der Waals surface area contributed by atoms with Crippen LogP contribution >= 0.6 is 12.2 Å². The van der Waals surface area contributed by atoms with E-state index in [4.69, 9.17) is 12.2 Å². The van der Waals surface area contributed by atoms with Crippen LogP contribution < -0.4 is 10.6 Å². The Hall–Kier alpha value is -2.13. The number of rotatable bonds is 6. The third kappa shape index (κ3) is 5.04. The maximum absolute atomic E-state index is 5.34. The van der Waals surface area contributed by atoms with Gasteiger partial charge >= 0.3 is 0 Å². The van der Waals surface area contributed by atoms with Crippen LogP contribution in [0.4, 0.5) is 0 Å². The molecule has 2 rings (SSSR count). The minimum Gasteiger partial charge on any atom is -0.359 e. The second-order valence-electron chi connectivity index (χ2n) is 4.80. The summed E-state index contributed by atoms with van der Waals surface area (Å²) in [5.41, 5.74) is 2.51. The Morgan fingerprint density at radius 1 is 1.05 bits per heavy atom. The van der Waals surface area contributed by atoms with E-state index in [1.807, 2.05) is 12.1 Å². The molecule has 21 heavy (non-hydrogen) atoms. The van der Waals surface area contributed by atoms with Gasteiger partial charge in [-0.2, -0.15) is 0 Å². The molecule has 2 aromatic carbocycles. The summed E-state index contributed by atoms with van der Waals surface area (Å²) in [4.78, 5) is 0. The van der Waals surface area contributed by atoms with E-state index in [9.17, 15) is 0 Å². The molecule has 0 aromatic heterocycles. The summed E-state index contributed by atoms with van der Waals surface area (Å²) >= 11 is 5.34. The summed E-state index contributed by atoms with van der Waals surface area (Å²) in [6.45, 7) is 4.35. The van der Waals surface area contributed by atoms with Crippen LogP contribution in [0.15, 0.2) is 73.3 Å². The van der Waals surface area contributed by atoms with E-state index >= 15 is 0 Å². The van der Waals surface area contributed by atoms with Gasteiger partial charge in [-0.1, -0.05) is 66.7 Å². The second-order valence-corrected chi connectivity index (χ2v) is 5.20. The zero-order chi connectivity index (χ0) is 14.9. The number of hydrogen-bond donors (Lipinski definition) is 2. The molecule has 2 N–H and O–H groups in total. The highest BCUT2D eigenvalue weighted by molar-refractivity contribution is 7.80. The average molecular weight is 296 g/mol. The molecule has 0 aliphatic rings. The third-order valence-electron chi connectivity index (χ3n) is 3.20. The molecule has 108 valence electrons. The Bertz CT molecular complexity index is 566. The maximum atomic E-state index is 5.34. The lowest BCUT2D eigenvalue weighted by atomic mass is 9.99. The molecule has 2 nitrogen and oxygen atoms in total. The predicted octanol–water partition coefficient (Wildman–Crippen LogP) is 3.62. The first-order valence-electron chi connectivity index (χ1n) is 7.03. The van der Waals surface area contributed by atoms with Crippen LogP contribution in [0.2, 0.25) is 0 Å². The summed E-state index contributed by atoms with van der Waals surface area (Å²) in [5.74, 6) is 0. The topological polar surface area (TPSA) is 24.1 Å². The lowest BCUT2D eigenvalue weighted by Crippen LogP contribution is -2.38. The van der Waals surface area contributed by atoms with Crippen LogP contribution in [-0.4, -0.2) is 11.7 Å². The zero-order valence-electron chi connectivity index (χ0n) is 12.0. The number of hydrogen-bond acceptors (Lipinski definition) is 1. The van der Waals surface area contributed by atoms with E-state index in [-0.39, 0.29) is 6.04 Å². The van der Waals surface area contributed by atoms with Crippen molar-refractivity contribution in [2.24, 2.45) is 0 Å². The smallest absolute Gasteiger partial charge is 0.167 e. The van der Waals surface area contributed by atoms with E-state index in [2.05, 4.69) is 65.7 Å². The fraction of sp³-hybridized carbons (Fsp3) is 0.167. The summed E-state index contributed by atoms with van der Waals surface area (Å²) < 4.78 is 0. The summed E-state index contributed by atoms with van der Waals surface area (Å²) in [6.07, 6.45) is 2.68. The number of nitrogens with one attached hydrogen (secondary N) is 2. The molecule has 3 heteroatoms. The highest BCUT2D eigenvalue weighted by Gasteiger charge is 2.12. The lowest BCUT2D eigenvalue weighted by Gasteiger charge is -2.21. The Kier molecular flexibility index (Phi) is 5.98. The van der Waals surface area contributed by atoms with Gasteiger partial charge in [0.25, 0.3) is 0 Å². The van der Waals surface area contributed by atoms with E-state index in [1.165, 1.54) is 11.1 Å². The van der Waals surface area contributed by atoms with E-state index in [1.54, 1.807) is 6.08 Å². The molecule has 0 saturated heterocycles. The van der Waals surface area contributed by atoms with Gasteiger partial charge in [-0.15, -0.1) is 6.58 Å². The van der Waals surface area contributed by atoms with E-state index in [0.29, 0.717) is 11.7 Å². The van der Waals surface area contributed by atoms with Gasteiger partial charge < -0.3 is 10.6 Å². The van der Waals surface area contributed by atoms with Gasteiger partial charge in [-0.05, 0) is 29.8 Å². The van der Waals surface area contributed by atoms with Crippen molar-refractivity contribution in [2.75, 3.05) is 6.54 Å². The molecule has 0 radical (unpaired) electrons. The molecule has 1 unspecified atom stereocenters. The summed E-state index contributed by atoms with van der Waals surface area (Å²) in [6, 6.07) is 20.9. The first kappa shape index (κ1) is 15.3. The van der Waals surface area contributed by atoms with Crippen LogP contribution in [-0.2, 0) is 6.42 Å². The van der Waals surface area contributed by atoms with Crippen LogP contribution in [0.5, 0.6) is 0 Å². The molecule has 0 saturated carbocycles.